The van der Waals surface area contributed by atoms with Crippen LogP contribution in [-0.4, -0.2) is 33.2 Å². The van der Waals surface area contributed by atoms with Crippen molar-refractivity contribution in [1.82, 2.24) is 13.3 Å². The van der Waals surface area contributed by atoms with E-state index in [1.54, 1.807) is 25.4 Å². The molecule has 3 aromatic heterocycles. The van der Waals surface area contributed by atoms with Gasteiger partial charge in [-0.15, -0.1) is 11.3 Å². The molecule has 0 bridgehead atoms. The first kappa shape index (κ1) is 27.9. The Balaban J connectivity index is 1.46. The lowest BCUT2D eigenvalue weighted by Gasteiger charge is -2.16. The van der Waals surface area contributed by atoms with Gasteiger partial charge in [0.05, 0.1) is 47.8 Å². The zero-order valence-corrected chi connectivity index (χ0v) is 25.6. The summed E-state index contributed by atoms with van der Waals surface area (Å²) in [6.45, 7) is 2.72. The topological polar surface area (TPSA) is 84.7 Å². The van der Waals surface area contributed by atoms with Gasteiger partial charge in [-0.25, -0.2) is 4.79 Å². The Kier molecular flexibility index (Phi) is 7.59. The van der Waals surface area contributed by atoms with Gasteiger partial charge < -0.3 is 23.5 Å². The van der Waals surface area contributed by atoms with E-state index in [0.29, 0.717) is 30.5 Å². The van der Waals surface area contributed by atoms with Crippen molar-refractivity contribution in [3.05, 3.63) is 102 Å². The molecule has 220 valence electrons. The number of carbonyl (C=O) groups excluding carboxylic acids is 1. The third-order valence-electron chi connectivity index (χ3n) is 7.32. The number of hydrogen-bond donors (Lipinski definition) is 0. The third-order valence-corrected chi connectivity index (χ3v) is 9.06. The first-order chi connectivity index (χ1) is 21.6. The summed E-state index contributed by atoms with van der Waals surface area (Å²) >= 11 is 2.83. The van der Waals surface area contributed by atoms with E-state index in [0.717, 1.165) is 53.6 Å². The summed E-state index contributed by atoms with van der Waals surface area (Å²) < 4.78 is 36.3. The second-order valence-electron chi connectivity index (χ2n) is 10.1. The van der Waals surface area contributed by atoms with Crippen molar-refractivity contribution in [2.75, 3.05) is 13.7 Å². The van der Waals surface area contributed by atoms with Crippen LogP contribution >= 0.6 is 23.1 Å². The molecule has 0 N–H and O–H groups in total. The lowest BCUT2D eigenvalue weighted by atomic mass is 10.1. The molecule has 4 aromatic carbocycles. The minimum Gasteiger partial charge on any atom is -0.497 e. The Morgan fingerprint density at radius 3 is 2.55 bits per heavy atom. The van der Waals surface area contributed by atoms with Gasteiger partial charge in [-0.3, -0.25) is 0 Å². The van der Waals surface area contributed by atoms with E-state index >= 15 is 0 Å². The lowest BCUT2D eigenvalue weighted by Crippen LogP contribution is -2.14. The molecule has 0 aliphatic heterocycles. The Morgan fingerprint density at radius 1 is 0.886 bits per heavy atom. The number of nitrogens with zero attached hydrogens (tertiary/aromatic N) is 3. The molecule has 0 radical (unpaired) electrons. The smallest absolute Gasteiger partial charge is 0.497 e. The molecule has 0 amide bonds. The van der Waals surface area contributed by atoms with Crippen LogP contribution in [0.2, 0.25) is 0 Å². The van der Waals surface area contributed by atoms with E-state index in [1.807, 2.05) is 83.4 Å². The van der Waals surface area contributed by atoms with E-state index in [-0.39, 0.29) is 6.61 Å². The number of benzene rings is 4. The molecule has 10 heteroatoms. The largest absolute Gasteiger partial charge is 0.515 e. The van der Waals surface area contributed by atoms with E-state index in [4.69, 9.17) is 18.9 Å². The van der Waals surface area contributed by atoms with Gasteiger partial charge >= 0.3 is 6.16 Å². The van der Waals surface area contributed by atoms with Gasteiger partial charge in [0.15, 0.2) is 0 Å². The highest BCUT2D eigenvalue weighted by atomic mass is 32.1. The van der Waals surface area contributed by atoms with Gasteiger partial charge in [0.25, 0.3) is 0 Å². The fraction of sp³-hybridized carbons (Fsp3) is 0.147. The monoisotopic (exact) mass is 621 g/mol. The maximum atomic E-state index is 13.0. The number of thiophene rings is 1. The Labute approximate surface area is 261 Å². The molecular weight excluding hydrogens is 595 g/mol. The number of ether oxygens (including phenoxy) is 4. The highest BCUT2D eigenvalue weighted by molar-refractivity contribution is 7.26. The Hall–Kier alpha value is -4.93. The van der Waals surface area contributed by atoms with Gasteiger partial charge in [-0.1, -0.05) is 54.6 Å². The molecule has 0 saturated heterocycles. The fourth-order valence-electron chi connectivity index (χ4n) is 5.32. The van der Waals surface area contributed by atoms with E-state index in [2.05, 4.69) is 20.9 Å². The van der Waals surface area contributed by atoms with Crippen LogP contribution in [0.5, 0.6) is 17.4 Å². The van der Waals surface area contributed by atoms with Crippen LogP contribution in [0.1, 0.15) is 18.1 Å². The summed E-state index contributed by atoms with van der Waals surface area (Å²) in [4.78, 5) is 13.0. The highest BCUT2D eigenvalue weighted by Crippen LogP contribution is 2.50. The molecule has 0 fully saturated rings. The van der Waals surface area contributed by atoms with Crippen molar-refractivity contribution in [2.24, 2.45) is 0 Å². The summed E-state index contributed by atoms with van der Waals surface area (Å²) in [7, 11) is 1.63. The molecule has 7 aromatic rings. The molecule has 7 rings (SSSR count). The minimum atomic E-state index is -0.774. The summed E-state index contributed by atoms with van der Waals surface area (Å²) in [6.07, 6.45) is -0.774. The van der Waals surface area contributed by atoms with Crippen molar-refractivity contribution in [3.8, 4) is 28.5 Å². The number of fused-ring (bicyclic) bond motifs is 4. The standard InChI is InChI=1S/C34H27N3O5S2/c1-3-40-34(38)42-33-30(24-15-14-23(39-2)18-28(24)41-20-21-9-5-4-6-10-21)32-31(25-11-7-8-12-29(25)43-32)37(33)19-22-13-16-26-27(17-22)36-44-35-26/h4-18H,3,19-20H2,1-2H3. The van der Waals surface area contributed by atoms with Crippen molar-refractivity contribution >= 4 is 60.6 Å². The predicted molar refractivity (Wildman–Crippen MR) is 174 cm³/mol. The average molecular weight is 622 g/mol. The van der Waals surface area contributed by atoms with Crippen molar-refractivity contribution in [3.63, 3.8) is 0 Å². The van der Waals surface area contributed by atoms with Crippen LogP contribution < -0.4 is 14.2 Å². The van der Waals surface area contributed by atoms with Crippen LogP contribution in [0.3, 0.4) is 0 Å². The van der Waals surface area contributed by atoms with E-state index in [9.17, 15) is 4.79 Å². The molecular formula is C34H27N3O5S2. The number of rotatable bonds is 9. The fourth-order valence-corrected chi connectivity index (χ4v) is 7.10. The van der Waals surface area contributed by atoms with Crippen LogP contribution in [-0.2, 0) is 17.9 Å². The molecule has 44 heavy (non-hydrogen) atoms. The van der Waals surface area contributed by atoms with E-state index in [1.165, 1.54) is 11.7 Å². The number of aromatic nitrogens is 3. The average Bonchev–Trinajstić information content (AvgIpc) is 3.74. The molecule has 0 atom stereocenters. The minimum absolute atomic E-state index is 0.188. The summed E-state index contributed by atoms with van der Waals surface area (Å²) in [5, 5.41) is 1.06. The van der Waals surface area contributed by atoms with E-state index < -0.39 is 6.16 Å². The molecule has 0 unspecified atom stereocenters. The molecule has 3 heterocycles. The number of hydrogen-bond acceptors (Lipinski definition) is 9. The predicted octanol–water partition coefficient (Wildman–Crippen LogP) is 8.70. The normalized spacial score (nSPS) is 11.3. The lowest BCUT2D eigenvalue weighted by molar-refractivity contribution is 0.101. The van der Waals surface area contributed by atoms with Crippen LogP contribution in [0, 0.1) is 0 Å². The summed E-state index contributed by atoms with van der Waals surface area (Å²) in [5.41, 5.74) is 6.17. The second-order valence-corrected chi connectivity index (χ2v) is 11.6. The zero-order chi connectivity index (χ0) is 30.0. The summed E-state index contributed by atoms with van der Waals surface area (Å²) in [5.74, 6) is 1.64. The van der Waals surface area contributed by atoms with Gasteiger partial charge in [0.2, 0.25) is 5.88 Å². The zero-order valence-electron chi connectivity index (χ0n) is 24.0. The Bertz CT molecular complexity index is 2120. The van der Waals surface area contributed by atoms with Crippen molar-refractivity contribution in [2.45, 2.75) is 20.1 Å². The van der Waals surface area contributed by atoms with Crippen molar-refractivity contribution < 1.29 is 23.7 Å². The van der Waals surface area contributed by atoms with Crippen molar-refractivity contribution in [1.29, 1.82) is 0 Å². The van der Waals surface area contributed by atoms with Gasteiger partial charge in [-0.2, -0.15) is 8.75 Å². The molecule has 0 spiro atoms. The van der Waals surface area contributed by atoms with Gasteiger partial charge in [0.1, 0.15) is 29.1 Å². The third kappa shape index (κ3) is 5.23. The number of methoxy groups -OCH3 is 1. The molecule has 8 nitrogen and oxygen atoms in total. The first-order valence-electron chi connectivity index (χ1n) is 14.1. The SMILES string of the molecule is CCOC(=O)Oc1c(-c2ccc(OC)cc2OCc2ccccc2)c2sc3ccccc3c2n1Cc1ccc2nsnc2c1. The Morgan fingerprint density at radius 2 is 1.70 bits per heavy atom. The maximum absolute atomic E-state index is 13.0. The highest BCUT2D eigenvalue weighted by Gasteiger charge is 2.28. The molecule has 0 saturated carbocycles. The maximum Gasteiger partial charge on any atom is 0.515 e. The first-order valence-corrected chi connectivity index (χ1v) is 15.6. The number of carbonyl (C=O) groups is 1. The van der Waals surface area contributed by atoms with Crippen LogP contribution in [0.25, 0.3) is 42.5 Å². The molecule has 0 aliphatic carbocycles. The quantitative estimate of drug-likeness (QED) is 0.149. The van der Waals surface area contributed by atoms with Crippen LogP contribution in [0.4, 0.5) is 4.79 Å². The summed E-state index contributed by atoms with van der Waals surface area (Å²) in [6, 6.07) is 29.9. The van der Waals surface area contributed by atoms with Gasteiger partial charge in [-0.05, 0) is 48.4 Å². The molecule has 0 aliphatic rings. The van der Waals surface area contributed by atoms with Crippen LogP contribution in [0.15, 0.2) is 91.0 Å². The van der Waals surface area contributed by atoms with Gasteiger partial charge in [0, 0.05) is 21.7 Å². The second kappa shape index (κ2) is 12.0.